The first kappa shape index (κ1) is 21.6. The molecule has 2 aromatic carbocycles. The average molecular weight is 597 g/mol. The monoisotopic (exact) mass is 597 g/mol. The number of benzene rings is 2. The van der Waals surface area contributed by atoms with Gasteiger partial charge in [0.05, 0.1) is 8.32 Å². The fourth-order valence-corrected chi connectivity index (χ4v) is 2.73. The summed E-state index contributed by atoms with van der Waals surface area (Å²) in [5.74, 6) is 0. The van der Waals surface area contributed by atoms with Gasteiger partial charge in [0.1, 0.15) is 5.58 Å². The van der Waals surface area contributed by atoms with Gasteiger partial charge in [0.2, 0.25) is 0 Å². The molecule has 0 aliphatic heterocycles. The van der Waals surface area contributed by atoms with Crippen LogP contribution in [0.3, 0.4) is 0 Å². The first-order valence-electron chi connectivity index (χ1n) is 10.6. The Morgan fingerprint density at radius 2 is 1.78 bits per heavy atom. The molecule has 3 heterocycles. The Bertz CT molecular complexity index is 1340. The van der Waals surface area contributed by atoms with Gasteiger partial charge < -0.3 is 9.40 Å². The van der Waals surface area contributed by atoms with Crippen molar-refractivity contribution in [1.82, 2.24) is 9.97 Å². The maximum Gasteiger partial charge on any atom is 0.120 e. The van der Waals surface area contributed by atoms with Crippen LogP contribution in [-0.2, 0) is 20.1 Å². The zero-order valence-electron chi connectivity index (χ0n) is 19.3. The number of allylic oxidation sites excluding steroid dienone is 4. The summed E-state index contributed by atoms with van der Waals surface area (Å²) in [4.78, 5) is 8.02. The molecule has 0 bridgehead atoms. The van der Waals surface area contributed by atoms with Crippen LogP contribution in [0.25, 0.3) is 33.2 Å². The summed E-state index contributed by atoms with van der Waals surface area (Å²) >= 11 is 0. The van der Waals surface area contributed by atoms with Crippen molar-refractivity contribution in [2.75, 3.05) is 0 Å². The average Bonchev–Trinajstić information content (AvgIpc) is 3.25. The SMILES string of the molecule is C=C[C-]=CC=C.[2H]c1ccnc(-c2[c-]ccc3c2oc2ccccc23)c1[2H].[Ir].c1ccncc1. The second-order valence-electron chi connectivity index (χ2n) is 6.05. The van der Waals surface area contributed by atoms with Crippen LogP contribution in [0, 0.1) is 12.1 Å². The Labute approximate surface area is 205 Å². The molecule has 0 saturated carbocycles. The summed E-state index contributed by atoms with van der Waals surface area (Å²) in [7, 11) is 0. The van der Waals surface area contributed by atoms with Crippen LogP contribution in [0.15, 0.2) is 127 Å². The van der Waals surface area contributed by atoms with Gasteiger partial charge in [-0.1, -0.05) is 47.3 Å². The Kier molecular flexibility index (Phi) is 9.24. The minimum atomic E-state index is 0. The van der Waals surface area contributed by atoms with Crippen LogP contribution in [-0.4, -0.2) is 9.97 Å². The molecule has 0 unspecified atom stereocenters. The summed E-state index contributed by atoms with van der Waals surface area (Å²) in [6.07, 6.45) is 12.7. The molecule has 32 heavy (non-hydrogen) atoms. The fourth-order valence-electron chi connectivity index (χ4n) is 2.73. The number of hydrogen-bond donors (Lipinski definition) is 0. The predicted molar refractivity (Wildman–Crippen MR) is 128 cm³/mol. The van der Waals surface area contributed by atoms with Crippen molar-refractivity contribution in [1.29, 1.82) is 0 Å². The van der Waals surface area contributed by atoms with Gasteiger partial charge in [0, 0.05) is 44.1 Å². The third-order valence-corrected chi connectivity index (χ3v) is 4.03. The molecule has 0 aliphatic carbocycles. The van der Waals surface area contributed by atoms with Gasteiger partial charge >= 0.3 is 0 Å². The molecule has 0 aliphatic rings. The van der Waals surface area contributed by atoms with E-state index in [2.05, 4.69) is 35.3 Å². The molecule has 3 aromatic heterocycles. The topological polar surface area (TPSA) is 38.9 Å². The maximum atomic E-state index is 8.03. The van der Waals surface area contributed by atoms with E-state index in [0.717, 1.165) is 16.4 Å². The number of fused-ring (bicyclic) bond motifs is 3. The summed E-state index contributed by atoms with van der Waals surface area (Å²) in [6.45, 7) is 6.84. The molecule has 1 radical (unpaired) electrons. The molecule has 0 atom stereocenters. The van der Waals surface area contributed by atoms with Gasteiger partial charge in [-0.15, -0.1) is 18.2 Å². The third kappa shape index (κ3) is 6.71. The van der Waals surface area contributed by atoms with Crippen molar-refractivity contribution in [3.05, 3.63) is 135 Å². The fraction of sp³-hybridized carbons (Fsp3) is 0. The van der Waals surface area contributed by atoms with Gasteiger partial charge in [-0.3, -0.25) is 4.98 Å². The molecule has 0 spiro atoms. The standard InChI is InChI=1S/C17H10NO.C6H7.C5H5N.Ir/c1-2-10-16-12(6-1)13-7-5-8-14(17(13)19-16)15-9-3-4-11-18-15;1-3-5-6-4-2;1-2-4-6-5-3-1;/h1-7,9-11H;3-5H,1-2H2;1-5H;/q2*-1;;/i3D,9D;;;. The maximum absolute atomic E-state index is 8.03. The molecule has 0 amide bonds. The number of aromatic nitrogens is 2. The van der Waals surface area contributed by atoms with E-state index in [1.807, 2.05) is 48.5 Å². The van der Waals surface area contributed by atoms with Gasteiger partial charge in [0.15, 0.2) is 0 Å². The Morgan fingerprint density at radius 3 is 2.44 bits per heavy atom. The van der Waals surface area contributed by atoms with Crippen LogP contribution in [0.4, 0.5) is 0 Å². The van der Waals surface area contributed by atoms with Crippen LogP contribution < -0.4 is 0 Å². The van der Waals surface area contributed by atoms with Crippen molar-refractivity contribution in [3.8, 4) is 11.3 Å². The van der Waals surface area contributed by atoms with Crippen molar-refractivity contribution < 1.29 is 27.3 Å². The Morgan fingerprint density at radius 1 is 0.969 bits per heavy atom. The molecule has 0 N–H and O–H groups in total. The molecular weight excluding hydrogens is 573 g/mol. The normalized spacial score (nSPS) is 10.6. The van der Waals surface area contributed by atoms with E-state index in [1.165, 1.54) is 12.3 Å². The van der Waals surface area contributed by atoms with Gasteiger partial charge in [-0.05, 0) is 30.0 Å². The van der Waals surface area contributed by atoms with Gasteiger partial charge in [-0.25, -0.2) is 0 Å². The second kappa shape index (κ2) is 13.7. The number of pyridine rings is 2. The summed E-state index contributed by atoms with van der Waals surface area (Å²) in [5.41, 5.74) is 2.50. The first-order chi connectivity index (χ1) is 16.2. The summed E-state index contributed by atoms with van der Waals surface area (Å²) in [6, 6.07) is 22.1. The minimum absolute atomic E-state index is 0. The molecule has 4 heteroatoms. The van der Waals surface area contributed by atoms with E-state index in [1.54, 1.807) is 36.7 Å². The molecule has 0 saturated heterocycles. The van der Waals surface area contributed by atoms with Gasteiger partial charge in [0.25, 0.3) is 0 Å². The molecular formula is C28H22IrN2O-2. The van der Waals surface area contributed by atoms with Gasteiger partial charge in [-0.2, -0.15) is 37.5 Å². The second-order valence-corrected chi connectivity index (χ2v) is 6.05. The van der Waals surface area contributed by atoms with E-state index in [9.17, 15) is 0 Å². The largest absolute Gasteiger partial charge is 0.501 e. The number of rotatable bonds is 3. The van der Waals surface area contributed by atoms with Crippen molar-refractivity contribution >= 4 is 21.9 Å². The van der Waals surface area contributed by atoms with Crippen molar-refractivity contribution in [3.63, 3.8) is 0 Å². The van der Waals surface area contributed by atoms with Crippen LogP contribution >= 0.6 is 0 Å². The quantitative estimate of drug-likeness (QED) is 0.163. The number of hydrogen-bond acceptors (Lipinski definition) is 3. The zero-order valence-corrected chi connectivity index (χ0v) is 19.7. The first-order valence-corrected chi connectivity index (χ1v) is 9.58. The number of para-hydroxylation sites is 1. The van der Waals surface area contributed by atoms with Crippen molar-refractivity contribution in [2.24, 2.45) is 0 Å². The van der Waals surface area contributed by atoms with Crippen molar-refractivity contribution in [2.45, 2.75) is 0 Å². The zero-order chi connectivity index (χ0) is 23.5. The molecule has 161 valence electrons. The van der Waals surface area contributed by atoms with E-state index < -0.39 is 0 Å². The predicted octanol–water partition coefficient (Wildman–Crippen LogP) is 7.25. The summed E-state index contributed by atoms with van der Waals surface area (Å²) in [5, 5.41) is 1.99. The van der Waals surface area contributed by atoms with Crippen LogP contribution in [0.1, 0.15) is 2.74 Å². The van der Waals surface area contributed by atoms with Crippen LogP contribution in [0.5, 0.6) is 0 Å². The smallest absolute Gasteiger partial charge is 0.120 e. The number of furan rings is 1. The Balaban J connectivity index is 0.000000261. The van der Waals surface area contributed by atoms with E-state index >= 15 is 0 Å². The van der Waals surface area contributed by atoms with E-state index in [-0.39, 0.29) is 32.2 Å². The molecule has 3 nitrogen and oxygen atoms in total. The van der Waals surface area contributed by atoms with E-state index in [4.69, 9.17) is 7.16 Å². The third-order valence-electron chi connectivity index (χ3n) is 4.03. The Hall–Kier alpha value is -3.59. The summed E-state index contributed by atoms with van der Waals surface area (Å²) < 4.78 is 21.7. The van der Waals surface area contributed by atoms with Crippen LogP contribution in [0.2, 0.25) is 0 Å². The molecule has 5 rings (SSSR count). The minimum Gasteiger partial charge on any atom is -0.501 e. The number of nitrogens with zero attached hydrogens (tertiary/aromatic N) is 2. The molecule has 0 fully saturated rings. The molecule has 5 aromatic rings. The van der Waals surface area contributed by atoms with E-state index in [0.29, 0.717) is 16.8 Å².